The fraction of sp³-hybridized carbons (Fsp3) is 0.739. The molecule has 0 spiro atoms. The molecule has 0 aromatic rings. The SMILES string of the molecule is C=C1C(=O)O[C@H](CC(C)=O)[C@@H]1CC(=O)[C@@H](C)CCCO[C@@H]1O[C@H](COC(C)=O)[C@@H](O)[C@H](O)[C@H]1O. The Morgan fingerprint density at radius 1 is 1.06 bits per heavy atom. The molecule has 2 aliphatic rings. The molecule has 2 fully saturated rings. The highest BCUT2D eigenvalue weighted by molar-refractivity contribution is 5.93. The van der Waals surface area contributed by atoms with Crippen LogP contribution >= 0.6 is 0 Å². The van der Waals surface area contributed by atoms with Gasteiger partial charge in [-0.15, -0.1) is 0 Å². The highest BCUT2D eigenvalue weighted by Gasteiger charge is 2.45. The van der Waals surface area contributed by atoms with Crippen molar-refractivity contribution in [2.45, 2.75) is 83.3 Å². The maximum Gasteiger partial charge on any atom is 0.334 e. The lowest BCUT2D eigenvalue weighted by atomic mass is 9.85. The van der Waals surface area contributed by atoms with Crippen LogP contribution in [0.2, 0.25) is 0 Å². The Kier molecular flexibility index (Phi) is 10.3. The largest absolute Gasteiger partial charge is 0.463 e. The van der Waals surface area contributed by atoms with Gasteiger partial charge < -0.3 is 34.3 Å². The van der Waals surface area contributed by atoms with Crippen LogP contribution in [0.5, 0.6) is 0 Å². The number of cyclic esters (lactones) is 1. The van der Waals surface area contributed by atoms with Gasteiger partial charge in [-0.3, -0.25) is 14.4 Å². The first-order valence-electron chi connectivity index (χ1n) is 11.3. The number of hydrogen-bond acceptors (Lipinski definition) is 11. The summed E-state index contributed by atoms with van der Waals surface area (Å²) >= 11 is 0. The molecular weight excluding hydrogens is 452 g/mol. The molecule has 11 heteroatoms. The lowest BCUT2D eigenvalue weighted by Gasteiger charge is -2.39. The van der Waals surface area contributed by atoms with Crippen LogP contribution in [0, 0.1) is 11.8 Å². The number of esters is 2. The molecule has 34 heavy (non-hydrogen) atoms. The second-order valence-electron chi connectivity index (χ2n) is 8.88. The molecule has 2 heterocycles. The van der Waals surface area contributed by atoms with Crippen LogP contribution in [-0.2, 0) is 38.1 Å². The van der Waals surface area contributed by atoms with Gasteiger partial charge in [0.05, 0.1) is 0 Å². The molecule has 0 radical (unpaired) electrons. The summed E-state index contributed by atoms with van der Waals surface area (Å²) in [4.78, 5) is 46.9. The lowest BCUT2D eigenvalue weighted by Crippen LogP contribution is -2.59. The average molecular weight is 487 g/mol. The predicted molar refractivity (Wildman–Crippen MR) is 115 cm³/mol. The standard InChI is InChI=1S/C23H34O11/c1-11(16(26)9-15-13(3)22(30)33-17(15)8-12(2)24)6-5-7-31-23-21(29)20(28)19(27)18(34-23)10-32-14(4)25/h11,15,17-21,23,27-29H,3,5-10H2,1-2,4H3/t11-,15+,17+,18+,19+,20-,21+,23+/m0/s1. The molecule has 0 aromatic carbocycles. The first-order chi connectivity index (χ1) is 15.9. The van der Waals surface area contributed by atoms with Crippen molar-refractivity contribution in [2.75, 3.05) is 13.2 Å². The molecule has 0 aliphatic carbocycles. The summed E-state index contributed by atoms with van der Waals surface area (Å²) in [7, 11) is 0. The van der Waals surface area contributed by atoms with Crippen LogP contribution in [-0.4, -0.2) is 88.8 Å². The number of aliphatic hydroxyl groups is 3. The number of carbonyl (C=O) groups excluding carboxylic acids is 4. The van der Waals surface area contributed by atoms with E-state index in [9.17, 15) is 34.5 Å². The number of hydrogen-bond donors (Lipinski definition) is 3. The molecular formula is C23H34O11. The molecule has 2 saturated heterocycles. The molecule has 2 aliphatic heterocycles. The smallest absolute Gasteiger partial charge is 0.334 e. The van der Waals surface area contributed by atoms with Gasteiger partial charge in [-0.1, -0.05) is 13.5 Å². The van der Waals surface area contributed by atoms with Crippen LogP contribution in [0.1, 0.15) is 46.5 Å². The molecule has 0 bridgehead atoms. The molecule has 2 rings (SSSR count). The van der Waals surface area contributed by atoms with Gasteiger partial charge in [0.1, 0.15) is 48.7 Å². The van der Waals surface area contributed by atoms with Gasteiger partial charge in [0.2, 0.25) is 0 Å². The van der Waals surface area contributed by atoms with Crippen molar-refractivity contribution in [3.63, 3.8) is 0 Å². The number of aliphatic hydroxyl groups excluding tert-OH is 3. The first-order valence-corrected chi connectivity index (χ1v) is 11.3. The van der Waals surface area contributed by atoms with Gasteiger partial charge in [0.25, 0.3) is 0 Å². The zero-order valence-electron chi connectivity index (χ0n) is 19.7. The van der Waals surface area contributed by atoms with Crippen LogP contribution < -0.4 is 0 Å². The summed E-state index contributed by atoms with van der Waals surface area (Å²) in [6.07, 6.45) is -6.57. The average Bonchev–Trinajstić information content (AvgIpc) is 3.01. The monoisotopic (exact) mass is 486 g/mol. The Bertz CT molecular complexity index is 779. The second kappa shape index (κ2) is 12.5. The van der Waals surface area contributed by atoms with E-state index in [1.165, 1.54) is 13.8 Å². The van der Waals surface area contributed by atoms with E-state index in [0.717, 1.165) is 0 Å². The number of rotatable bonds is 12. The third-order valence-corrected chi connectivity index (χ3v) is 6.06. The van der Waals surface area contributed by atoms with Gasteiger partial charge in [-0.25, -0.2) is 4.79 Å². The van der Waals surface area contributed by atoms with Gasteiger partial charge in [-0.05, 0) is 19.8 Å². The Labute approximate surface area is 198 Å². The summed E-state index contributed by atoms with van der Waals surface area (Å²) in [6, 6.07) is 0. The lowest BCUT2D eigenvalue weighted by molar-refractivity contribution is -0.301. The molecule has 11 nitrogen and oxygen atoms in total. The summed E-state index contributed by atoms with van der Waals surface area (Å²) in [5.41, 5.74) is 0.197. The molecule has 0 unspecified atom stereocenters. The maximum absolute atomic E-state index is 12.7. The van der Waals surface area contributed by atoms with E-state index in [1.54, 1.807) is 6.92 Å². The van der Waals surface area contributed by atoms with Crippen LogP contribution in [0.25, 0.3) is 0 Å². The van der Waals surface area contributed by atoms with Gasteiger partial charge in [-0.2, -0.15) is 0 Å². The Morgan fingerprint density at radius 3 is 2.35 bits per heavy atom. The Hall–Kier alpha value is -2.18. The van der Waals surface area contributed by atoms with E-state index in [1.807, 2.05) is 0 Å². The second-order valence-corrected chi connectivity index (χ2v) is 8.88. The molecule has 8 atom stereocenters. The summed E-state index contributed by atoms with van der Waals surface area (Å²) in [6.45, 7) is 7.80. The molecule has 0 aromatic heterocycles. The Balaban J connectivity index is 1.80. The fourth-order valence-electron chi connectivity index (χ4n) is 3.95. The molecule has 0 amide bonds. The predicted octanol–water partition coefficient (Wildman–Crippen LogP) is -0.174. The van der Waals surface area contributed by atoms with Crippen molar-refractivity contribution in [3.8, 4) is 0 Å². The van der Waals surface area contributed by atoms with Crippen molar-refractivity contribution in [1.29, 1.82) is 0 Å². The molecule has 192 valence electrons. The van der Waals surface area contributed by atoms with Crippen LogP contribution in [0.15, 0.2) is 12.2 Å². The highest BCUT2D eigenvalue weighted by Crippen LogP contribution is 2.33. The van der Waals surface area contributed by atoms with Crippen LogP contribution in [0.4, 0.5) is 0 Å². The zero-order chi connectivity index (χ0) is 25.6. The third-order valence-electron chi connectivity index (χ3n) is 6.06. The van der Waals surface area contributed by atoms with Gasteiger partial charge in [0, 0.05) is 43.8 Å². The number of ketones is 2. The van der Waals surface area contributed by atoms with E-state index in [4.69, 9.17) is 18.9 Å². The summed E-state index contributed by atoms with van der Waals surface area (Å²) in [5.74, 6) is -2.32. The van der Waals surface area contributed by atoms with Gasteiger partial charge in [0.15, 0.2) is 6.29 Å². The van der Waals surface area contributed by atoms with Crippen LogP contribution in [0.3, 0.4) is 0 Å². The zero-order valence-corrected chi connectivity index (χ0v) is 19.7. The first kappa shape index (κ1) is 28.1. The normalized spacial score (nSPS) is 32.2. The fourth-order valence-corrected chi connectivity index (χ4v) is 3.95. The number of ether oxygens (including phenoxy) is 4. The minimum absolute atomic E-state index is 0.0354. The number of carbonyl (C=O) groups is 4. The molecule has 3 N–H and O–H groups in total. The van der Waals surface area contributed by atoms with E-state index in [2.05, 4.69) is 6.58 Å². The third kappa shape index (κ3) is 7.41. The Morgan fingerprint density at radius 2 is 1.74 bits per heavy atom. The molecule has 0 saturated carbocycles. The van der Waals surface area contributed by atoms with Crippen molar-refractivity contribution in [2.24, 2.45) is 11.8 Å². The minimum Gasteiger partial charge on any atom is -0.463 e. The van der Waals surface area contributed by atoms with E-state index >= 15 is 0 Å². The number of Topliss-reactive ketones (excluding diaryl/α,β-unsaturated/α-hetero) is 2. The van der Waals surface area contributed by atoms with E-state index in [0.29, 0.717) is 12.8 Å². The maximum atomic E-state index is 12.7. The van der Waals surface area contributed by atoms with Gasteiger partial charge >= 0.3 is 11.9 Å². The van der Waals surface area contributed by atoms with Crippen molar-refractivity contribution < 1.29 is 53.4 Å². The summed E-state index contributed by atoms with van der Waals surface area (Å²) in [5, 5.41) is 30.1. The topological polar surface area (TPSA) is 166 Å². The van der Waals surface area contributed by atoms with Crippen molar-refractivity contribution >= 4 is 23.5 Å². The quantitative estimate of drug-likeness (QED) is 0.190. The van der Waals surface area contributed by atoms with Crippen molar-refractivity contribution in [3.05, 3.63) is 12.2 Å². The summed E-state index contributed by atoms with van der Waals surface area (Å²) < 4.78 is 20.9. The van der Waals surface area contributed by atoms with E-state index in [-0.39, 0.29) is 49.1 Å². The van der Waals surface area contributed by atoms with E-state index < -0.39 is 54.7 Å². The minimum atomic E-state index is -1.55. The van der Waals surface area contributed by atoms with Crippen molar-refractivity contribution in [1.82, 2.24) is 0 Å². The highest BCUT2D eigenvalue weighted by atomic mass is 16.7.